The van der Waals surface area contributed by atoms with Crippen LogP contribution in [0.1, 0.15) is 25.7 Å². The third-order valence-corrected chi connectivity index (χ3v) is 5.48. The Labute approximate surface area is 110 Å². The Hall–Kier alpha value is -0.570. The van der Waals surface area contributed by atoms with Gasteiger partial charge in [0.2, 0.25) is 0 Å². The Balaban J connectivity index is 1.94. The van der Waals surface area contributed by atoms with E-state index in [0.29, 0.717) is 12.2 Å². The van der Waals surface area contributed by atoms with Crippen molar-refractivity contribution in [3.05, 3.63) is 0 Å². The van der Waals surface area contributed by atoms with Crippen molar-refractivity contribution in [3.8, 4) is 12.3 Å². The monoisotopic (exact) mass is 271 g/mol. The second-order valence-corrected chi connectivity index (χ2v) is 7.37. The summed E-state index contributed by atoms with van der Waals surface area (Å²) in [6, 6.07) is 0.132. The molecule has 0 aromatic rings. The van der Waals surface area contributed by atoms with Gasteiger partial charge in [-0.25, -0.2) is 8.42 Å². The molecule has 2 aliphatic rings. The summed E-state index contributed by atoms with van der Waals surface area (Å²) in [7, 11) is -2.83. The molecule has 0 spiro atoms. The Morgan fingerprint density at radius 3 is 2.78 bits per heavy atom. The summed E-state index contributed by atoms with van der Waals surface area (Å²) in [5.74, 6) is 3.23. The standard InChI is InChI=1S/C13H21NO3S/c1-2-3-7-14(10-13-5-4-8-17-13)12-6-9-18(15,16)11-12/h1,12-13H,3-11H2/t12-,13-/m1/s1. The van der Waals surface area contributed by atoms with E-state index in [1.54, 1.807) is 0 Å². The summed E-state index contributed by atoms with van der Waals surface area (Å²) in [6.45, 7) is 2.43. The second-order valence-electron chi connectivity index (χ2n) is 5.14. The molecule has 2 aliphatic heterocycles. The van der Waals surface area contributed by atoms with E-state index < -0.39 is 9.84 Å². The van der Waals surface area contributed by atoms with Crippen LogP contribution in [-0.4, -0.2) is 56.7 Å². The maximum atomic E-state index is 11.6. The molecule has 0 saturated carbocycles. The van der Waals surface area contributed by atoms with Crippen LogP contribution in [0.4, 0.5) is 0 Å². The highest BCUT2D eigenvalue weighted by atomic mass is 32.2. The maximum Gasteiger partial charge on any atom is 0.151 e. The van der Waals surface area contributed by atoms with Crippen LogP contribution in [0.2, 0.25) is 0 Å². The predicted octanol–water partition coefficient (Wildman–Crippen LogP) is 0.678. The van der Waals surface area contributed by atoms with Crippen LogP contribution in [0.5, 0.6) is 0 Å². The smallest absolute Gasteiger partial charge is 0.151 e. The molecule has 0 aromatic heterocycles. The number of ether oxygens (including phenoxy) is 1. The van der Waals surface area contributed by atoms with Crippen LogP contribution in [0.3, 0.4) is 0 Å². The molecule has 0 N–H and O–H groups in total. The molecule has 2 saturated heterocycles. The fourth-order valence-electron chi connectivity index (χ4n) is 2.74. The lowest BCUT2D eigenvalue weighted by Gasteiger charge is -2.29. The SMILES string of the molecule is C#CCCN(C[C@H]1CCCO1)[C@@H]1CCS(=O)(=O)C1. The molecule has 2 atom stereocenters. The van der Waals surface area contributed by atoms with Gasteiger partial charge in [0.25, 0.3) is 0 Å². The van der Waals surface area contributed by atoms with Gasteiger partial charge in [0.15, 0.2) is 9.84 Å². The molecular formula is C13H21NO3S. The zero-order valence-electron chi connectivity index (χ0n) is 10.7. The third kappa shape index (κ3) is 3.71. The first-order valence-electron chi connectivity index (χ1n) is 6.60. The van der Waals surface area contributed by atoms with Crippen molar-refractivity contribution in [1.82, 2.24) is 4.90 Å². The fourth-order valence-corrected chi connectivity index (χ4v) is 4.51. The highest BCUT2D eigenvalue weighted by Gasteiger charge is 2.33. The molecular weight excluding hydrogens is 250 g/mol. The van der Waals surface area contributed by atoms with Gasteiger partial charge in [-0.2, -0.15) is 0 Å². The van der Waals surface area contributed by atoms with Crippen LogP contribution in [0.25, 0.3) is 0 Å². The number of terminal acetylenes is 1. The minimum Gasteiger partial charge on any atom is -0.377 e. The number of nitrogens with zero attached hydrogens (tertiary/aromatic N) is 1. The van der Waals surface area contributed by atoms with Crippen molar-refractivity contribution in [1.29, 1.82) is 0 Å². The Morgan fingerprint density at radius 1 is 1.39 bits per heavy atom. The molecule has 2 fully saturated rings. The summed E-state index contributed by atoms with van der Waals surface area (Å²) >= 11 is 0. The van der Waals surface area contributed by atoms with Crippen molar-refractivity contribution in [3.63, 3.8) is 0 Å². The Morgan fingerprint density at radius 2 is 2.22 bits per heavy atom. The van der Waals surface area contributed by atoms with Crippen LogP contribution < -0.4 is 0 Å². The lowest BCUT2D eigenvalue weighted by Crippen LogP contribution is -2.41. The van der Waals surface area contributed by atoms with Crippen molar-refractivity contribution < 1.29 is 13.2 Å². The highest BCUT2D eigenvalue weighted by Crippen LogP contribution is 2.21. The quantitative estimate of drug-likeness (QED) is 0.690. The van der Waals surface area contributed by atoms with Gasteiger partial charge in [-0.15, -0.1) is 12.3 Å². The van der Waals surface area contributed by atoms with E-state index in [-0.39, 0.29) is 17.9 Å². The van der Waals surface area contributed by atoms with Gasteiger partial charge >= 0.3 is 0 Å². The molecule has 0 radical (unpaired) electrons. The number of sulfone groups is 1. The molecule has 0 aromatic carbocycles. The molecule has 18 heavy (non-hydrogen) atoms. The van der Waals surface area contributed by atoms with Gasteiger partial charge in [0, 0.05) is 32.2 Å². The van der Waals surface area contributed by atoms with Gasteiger partial charge in [-0.3, -0.25) is 4.90 Å². The number of hydrogen-bond donors (Lipinski definition) is 0. The first kappa shape index (κ1) is 13.9. The predicted molar refractivity (Wildman–Crippen MR) is 71.1 cm³/mol. The number of hydrogen-bond acceptors (Lipinski definition) is 4. The van der Waals surface area contributed by atoms with E-state index in [2.05, 4.69) is 10.8 Å². The van der Waals surface area contributed by atoms with Crippen LogP contribution in [0.15, 0.2) is 0 Å². The van der Waals surface area contributed by atoms with Gasteiger partial charge in [-0.05, 0) is 19.3 Å². The van der Waals surface area contributed by atoms with Crippen LogP contribution in [0, 0.1) is 12.3 Å². The van der Waals surface area contributed by atoms with E-state index in [1.807, 2.05) is 0 Å². The average molecular weight is 271 g/mol. The molecule has 4 nitrogen and oxygen atoms in total. The van der Waals surface area contributed by atoms with Crippen molar-refractivity contribution in [2.45, 2.75) is 37.8 Å². The summed E-state index contributed by atoms with van der Waals surface area (Å²) in [5, 5.41) is 0. The topological polar surface area (TPSA) is 46.6 Å². The normalized spacial score (nSPS) is 30.7. The third-order valence-electron chi connectivity index (χ3n) is 3.73. The molecule has 0 amide bonds. The second kappa shape index (κ2) is 6.05. The lowest BCUT2D eigenvalue weighted by molar-refractivity contribution is 0.0617. The minimum atomic E-state index is -2.83. The molecule has 5 heteroatoms. The molecule has 0 unspecified atom stereocenters. The first-order valence-corrected chi connectivity index (χ1v) is 8.42. The molecule has 0 aliphatic carbocycles. The zero-order chi connectivity index (χ0) is 13.0. The van der Waals surface area contributed by atoms with E-state index in [1.165, 1.54) is 0 Å². The molecule has 0 bridgehead atoms. The summed E-state index contributed by atoms with van der Waals surface area (Å²) in [4.78, 5) is 2.22. The summed E-state index contributed by atoms with van der Waals surface area (Å²) in [6.07, 6.45) is 9.16. The fraction of sp³-hybridized carbons (Fsp3) is 0.846. The van der Waals surface area contributed by atoms with Crippen molar-refractivity contribution in [2.75, 3.05) is 31.2 Å². The molecule has 102 valence electrons. The van der Waals surface area contributed by atoms with Crippen LogP contribution in [-0.2, 0) is 14.6 Å². The Bertz CT molecular complexity index is 406. The average Bonchev–Trinajstić information content (AvgIpc) is 2.93. The van der Waals surface area contributed by atoms with Gasteiger partial charge in [0.1, 0.15) is 0 Å². The molecule has 2 rings (SSSR count). The van der Waals surface area contributed by atoms with Crippen molar-refractivity contribution >= 4 is 9.84 Å². The van der Waals surface area contributed by atoms with Gasteiger partial charge < -0.3 is 4.74 Å². The van der Waals surface area contributed by atoms with E-state index in [0.717, 1.165) is 39.0 Å². The van der Waals surface area contributed by atoms with E-state index >= 15 is 0 Å². The zero-order valence-corrected chi connectivity index (χ0v) is 11.5. The largest absolute Gasteiger partial charge is 0.377 e. The highest BCUT2D eigenvalue weighted by molar-refractivity contribution is 7.91. The van der Waals surface area contributed by atoms with Crippen LogP contribution >= 0.6 is 0 Å². The summed E-state index contributed by atoms with van der Waals surface area (Å²) < 4.78 is 28.7. The minimum absolute atomic E-state index is 0.132. The van der Waals surface area contributed by atoms with E-state index in [4.69, 9.17) is 11.2 Å². The van der Waals surface area contributed by atoms with Gasteiger partial charge in [-0.1, -0.05) is 0 Å². The maximum absolute atomic E-state index is 11.6. The van der Waals surface area contributed by atoms with Gasteiger partial charge in [0.05, 0.1) is 17.6 Å². The number of rotatable bonds is 5. The van der Waals surface area contributed by atoms with E-state index in [9.17, 15) is 8.42 Å². The lowest BCUT2D eigenvalue weighted by atomic mass is 10.1. The summed E-state index contributed by atoms with van der Waals surface area (Å²) in [5.41, 5.74) is 0. The Kier molecular flexibility index (Phi) is 4.66. The molecule has 2 heterocycles. The first-order chi connectivity index (χ1) is 8.61. The van der Waals surface area contributed by atoms with Crippen molar-refractivity contribution in [2.24, 2.45) is 0 Å².